The molecule has 1 saturated heterocycles. The molecule has 4 aromatic rings. The first-order valence-corrected chi connectivity index (χ1v) is 12.6. The van der Waals surface area contributed by atoms with Crippen molar-refractivity contribution in [2.75, 3.05) is 4.90 Å². The molecule has 0 spiro atoms. The molecule has 6 nitrogen and oxygen atoms in total. The Hall–Kier alpha value is -3.23. The van der Waals surface area contributed by atoms with Crippen LogP contribution in [0.5, 0.6) is 5.75 Å². The number of anilines is 1. The largest absolute Gasteiger partial charge is 0.491 e. The van der Waals surface area contributed by atoms with Crippen LogP contribution < -0.4 is 15.0 Å². The standard InChI is InChI=1S/C26H27N5OS2/c1-16(2)32-20-10-8-19(9-11-20)31-24(23(29-25(31)33)22-7-5-6-12-27-22)21-15-17(3)30(18(21)4)26-28-13-14-34-26/h5-16,23-24H,1-4H3,(H,29,33)/t23-,24+/m1/s1. The molecule has 0 bridgehead atoms. The molecule has 1 N–H and O–H groups in total. The van der Waals surface area contributed by atoms with Gasteiger partial charge in [0.05, 0.1) is 23.9 Å². The molecule has 0 aliphatic carbocycles. The summed E-state index contributed by atoms with van der Waals surface area (Å²) in [5.41, 5.74) is 5.45. The van der Waals surface area contributed by atoms with Crippen molar-refractivity contribution < 1.29 is 4.74 Å². The highest BCUT2D eigenvalue weighted by Crippen LogP contribution is 2.44. The molecule has 0 unspecified atom stereocenters. The van der Waals surface area contributed by atoms with Crippen LogP contribution >= 0.6 is 23.6 Å². The number of aryl methyl sites for hydroxylation is 1. The number of nitrogens with zero attached hydrogens (tertiary/aromatic N) is 4. The minimum absolute atomic E-state index is 0.0702. The van der Waals surface area contributed by atoms with Crippen LogP contribution in [0.4, 0.5) is 5.69 Å². The Morgan fingerprint density at radius 1 is 1.06 bits per heavy atom. The molecule has 5 rings (SSSR count). The number of benzene rings is 1. The van der Waals surface area contributed by atoms with Crippen LogP contribution in [0.25, 0.3) is 5.13 Å². The first kappa shape index (κ1) is 22.6. The van der Waals surface area contributed by atoms with Crippen molar-refractivity contribution in [3.63, 3.8) is 0 Å². The molecule has 4 heterocycles. The molecule has 1 fully saturated rings. The van der Waals surface area contributed by atoms with E-state index in [0.717, 1.165) is 33.7 Å². The number of rotatable bonds is 6. The Morgan fingerprint density at radius 3 is 2.50 bits per heavy atom. The van der Waals surface area contributed by atoms with Crippen molar-refractivity contribution in [3.05, 3.63) is 88.9 Å². The molecule has 174 valence electrons. The maximum atomic E-state index is 5.88. The second-order valence-electron chi connectivity index (χ2n) is 8.63. The fourth-order valence-electron chi connectivity index (χ4n) is 4.61. The summed E-state index contributed by atoms with van der Waals surface area (Å²) < 4.78 is 8.07. The Labute approximate surface area is 209 Å². The summed E-state index contributed by atoms with van der Waals surface area (Å²) >= 11 is 7.51. The smallest absolute Gasteiger partial charge is 0.193 e. The summed E-state index contributed by atoms with van der Waals surface area (Å²) in [4.78, 5) is 11.4. The van der Waals surface area contributed by atoms with E-state index in [1.807, 2.05) is 55.9 Å². The van der Waals surface area contributed by atoms with E-state index in [-0.39, 0.29) is 18.2 Å². The van der Waals surface area contributed by atoms with E-state index in [9.17, 15) is 0 Å². The van der Waals surface area contributed by atoms with Crippen LogP contribution in [0.15, 0.2) is 66.3 Å². The number of pyridine rings is 1. The number of thiocarbonyl (C=S) groups is 1. The van der Waals surface area contributed by atoms with Crippen LogP contribution in [0, 0.1) is 13.8 Å². The molecule has 1 aliphatic rings. The van der Waals surface area contributed by atoms with E-state index in [1.54, 1.807) is 11.3 Å². The quantitative estimate of drug-likeness (QED) is 0.340. The minimum Gasteiger partial charge on any atom is -0.491 e. The van der Waals surface area contributed by atoms with Crippen molar-refractivity contribution in [3.8, 4) is 10.9 Å². The minimum atomic E-state index is -0.0921. The van der Waals surface area contributed by atoms with Gasteiger partial charge in [-0.1, -0.05) is 6.07 Å². The number of nitrogens with one attached hydrogen (secondary N) is 1. The molecule has 8 heteroatoms. The van der Waals surface area contributed by atoms with Crippen molar-refractivity contribution in [2.45, 2.75) is 45.9 Å². The maximum absolute atomic E-state index is 5.88. The van der Waals surface area contributed by atoms with Crippen molar-refractivity contribution >= 4 is 34.4 Å². The van der Waals surface area contributed by atoms with Gasteiger partial charge >= 0.3 is 0 Å². The van der Waals surface area contributed by atoms with Crippen LogP contribution in [0.1, 0.15) is 48.6 Å². The third-order valence-corrected chi connectivity index (χ3v) is 7.06. The summed E-state index contributed by atoms with van der Waals surface area (Å²) in [7, 11) is 0. The van der Waals surface area contributed by atoms with E-state index in [1.165, 1.54) is 5.56 Å². The Kier molecular flexibility index (Phi) is 6.10. The predicted molar refractivity (Wildman–Crippen MR) is 141 cm³/mol. The van der Waals surface area contributed by atoms with Crippen LogP contribution in [-0.4, -0.2) is 25.8 Å². The third-order valence-electron chi connectivity index (χ3n) is 5.98. The van der Waals surface area contributed by atoms with Gasteiger partial charge in [-0.2, -0.15) is 0 Å². The lowest BCUT2D eigenvalue weighted by Gasteiger charge is -2.28. The van der Waals surface area contributed by atoms with Crippen molar-refractivity contribution in [2.24, 2.45) is 0 Å². The maximum Gasteiger partial charge on any atom is 0.193 e. The first-order valence-electron chi connectivity index (χ1n) is 11.3. The summed E-state index contributed by atoms with van der Waals surface area (Å²) in [6.07, 6.45) is 3.79. The highest BCUT2D eigenvalue weighted by atomic mass is 32.1. The molecule has 3 aromatic heterocycles. The van der Waals surface area contributed by atoms with Gasteiger partial charge in [-0.15, -0.1) is 11.3 Å². The average molecular weight is 490 g/mol. The van der Waals surface area contributed by atoms with Gasteiger partial charge in [0, 0.05) is 34.8 Å². The Morgan fingerprint density at radius 2 is 1.85 bits per heavy atom. The molecule has 1 aromatic carbocycles. The number of aromatic nitrogens is 3. The highest BCUT2D eigenvalue weighted by molar-refractivity contribution is 7.80. The van der Waals surface area contributed by atoms with Gasteiger partial charge in [0.1, 0.15) is 5.75 Å². The number of hydrogen-bond donors (Lipinski definition) is 1. The van der Waals surface area contributed by atoms with Gasteiger partial charge in [0.25, 0.3) is 0 Å². The van der Waals surface area contributed by atoms with Crippen LogP contribution in [0.2, 0.25) is 0 Å². The van der Waals surface area contributed by atoms with Gasteiger partial charge in [-0.3, -0.25) is 9.55 Å². The van der Waals surface area contributed by atoms with Crippen LogP contribution in [-0.2, 0) is 0 Å². The zero-order valence-electron chi connectivity index (χ0n) is 19.6. The zero-order chi connectivity index (χ0) is 23.8. The molecule has 34 heavy (non-hydrogen) atoms. The van der Waals surface area contributed by atoms with Gasteiger partial charge < -0.3 is 15.0 Å². The highest BCUT2D eigenvalue weighted by Gasteiger charge is 2.42. The van der Waals surface area contributed by atoms with E-state index < -0.39 is 0 Å². The van der Waals surface area contributed by atoms with Crippen molar-refractivity contribution in [1.29, 1.82) is 0 Å². The molecule has 0 amide bonds. The zero-order valence-corrected chi connectivity index (χ0v) is 21.2. The van der Waals surface area contributed by atoms with Gasteiger partial charge in [0.15, 0.2) is 10.2 Å². The second kappa shape index (κ2) is 9.19. The molecule has 1 aliphatic heterocycles. The normalized spacial score (nSPS) is 17.9. The lowest BCUT2D eigenvalue weighted by Crippen LogP contribution is -2.29. The summed E-state index contributed by atoms with van der Waals surface area (Å²) in [5, 5.41) is 7.19. The average Bonchev–Trinajstić information content (AvgIpc) is 3.52. The topological polar surface area (TPSA) is 55.2 Å². The Bertz CT molecular complexity index is 1280. The number of ether oxygens (including phenoxy) is 1. The van der Waals surface area contributed by atoms with E-state index in [2.05, 4.69) is 62.9 Å². The monoisotopic (exact) mass is 489 g/mol. The predicted octanol–water partition coefficient (Wildman–Crippen LogP) is 5.91. The van der Waals surface area contributed by atoms with E-state index >= 15 is 0 Å². The third kappa shape index (κ3) is 4.08. The van der Waals surface area contributed by atoms with Crippen molar-refractivity contribution in [1.82, 2.24) is 19.9 Å². The summed E-state index contributed by atoms with van der Waals surface area (Å²) in [6.45, 7) is 8.33. The van der Waals surface area contributed by atoms with E-state index in [4.69, 9.17) is 17.0 Å². The SMILES string of the molecule is Cc1cc([C@H]2[C@@H](c3ccccn3)NC(=S)N2c2ccc(OC(C)C)cc2)c(C)n1-c1nccs1. The first-order chi connectivity index (χ1) is 16.4. The van der Waals surface area contributed by atoms with Gasteiger partial charge in [0.2, 0.25) is 0 Å². The number of hydrogen-bond acceptors (Lipinski definition) is 5. The molecule has 0 radical (unpaired) electrons. The fourth-order valence-corrected chi connectivity index (χ4v) is 5.71. The lowest BCUT2D eigenvalue weighted by atomic mass is 9.96. The molecule has 0 saturated carbocycles. The van der Waals surface area contributed by atoms with Crippen LogP contribution in [0.3, 0.4) is 0 Å². The second-order valence-corrected chi connectivity index (χ2v) is 9.89. The lowest BCUT2D eigenvalue weighted by molar-refractivity contribution is 0.242. The van der Waals surface area contributed by atoms with Gasteiger partial charge in [-0.05, 0) is 87.9 Å². The molecular weight excluding hydrogens is 462 g/mol. The summed E-state index contributed by atoms with van der Waals surface area (Å²) in [6, 6.07) is 16.2. The number of thiazole rings is 1. The van der Waals surface area contributed by atoms with E-state index in [0.29, 0.717) is 5.11 Å². The Balaban J connectivity index is 1.62. The fraction of sp³-hybridized carbons (Fsp3) is 0.269. The van der Waals surface area contributed by atoms with Gasteiger partial charge in [-0.25, -0.2) is 4.98 Å². The molecule has 2 atom stereocenters. The summed E-state index contributed by atoms with van der Waals surface area (Å²) in [5.74, 6) is 0.844. The molecular formula is C26H27N5OS2.